The van der Waals surface area contributed by atoms with Crippen molar-refractivity contribution in [2.24, 2.45) is 0 Å². The lowest BCUT2D eigenvalue weighted by atomic mass is 10.0. The molecule has 2 aromatic carbocycles. The number of likely N-dealkylation sites (tertiary alicyclic amines) is 1. The van der Waals surface area contributed by atoms with E-state index in [1.165, 1.54) is 32.4 Å². The second-order valence-corrected chi connectivity index (χ2v) is 8.14. The van der Waals surface area contributed by atoms with Gasteiger partial charge in [0.1, 0.15) is 11.7 Å². The van der Waals surface area contributed by atoms with Gasteiger partial charge < -0.3 is 9.47 Å². The normalized spacial score (nSPS) is 16.6. The van der Waals surface area contributed by atoms with E-state index in [1.807, 2.05) is 12.1 Å². The van der Waals surface area contributed by atoms with E-state index in [0.29, 0.717) is 13.2 Å². The summed E-state index contributed by atoms with van der Waals surface area (Å²) in [5.74, 6) is 6.73. The number of piperidine rings is 1. The summed E-state index contributed by atoms with van der Waals surface area (Å²) in [4.78, 5) is 2.44. The topological polar surface area (TPSA) is 21.7 Å². The monoisotopic (exact) mass is 405 g/mol. The van der Waals surface area contributed by atoms with Crippen molar-refractivity contribution < 1.29 is 9.47 Å². The summed E-state index contributed by atoms with van der Waals surface area (Å²) in [6, 6.07) is 20.7. The van der Waals surface area contributed by atoms with Gasteiger partial charge in [0.25, 0.3) is 0 Å². The predicted octanol–water partition coefficient (Wildman–Crippen LogP) is 5.47. The molecule has 1 atom stereocenters. The third-order valence-corrected chi connectivity index (χ3v) is 5.77. The number of benzene rings is 2. The highest BCUT2D eigenvalue weighted by atomic mass is 16.5. The number of nitrogens with zero attached hydrogens (tertiary/aromatic N) is 1. The zero-order chi connectivity index (χ0) is 21.1. The van der Waals surface area contributed by atoms with Crippen molar-refractivity contribution in [1.29, 1.82) is 0 Å². The van der Waals surface area contributed by atoms with Gasteiger partial charge in [0.2, 0.25) is 0 Å². The summed E-state index contributed by atoms with van der Waals surface area (Å²) in [5, 5.41) is 0. The molecule has 3 nitrogen and oxygen atoms in total. The van der Waals surface area contributed by atoms with Gasteiger partial charge in [-0.3, -0.25) is 4.90 Å². The Hall–Kier alpha value is -2.12. The maximum absolute atomic E-state index is 6.27. The molecule has 1 saturated heterocycles. The second-order valence-electron chi connectivity index (χ2n) is 8.14. The summed E-state index contributed by atoms with van der Waals surface area (Å²) in [6.45, 7) is 8.46. The molecule has 0 N–H and O–H groups in total. The zero-order valence-corrected chi connectivity index (χ0v) is 18.5. The van der Waals surface area contributed by atoms with E-state index in [0.717, 1.165) is 24.1 Å². The number of hydrogen-bond acceptors (Lipinski definition) is 3. The first-order valence-electron chi connectivity index (χ1n) is 11.3. The Labute approximate surface area is 182 Å². The van der Waals surface area contributed by atoms with Crippen molar-refractivity contribution in [3.63, 3.8) is 0 Å². The molecule has 2 aromatic rings. The summed E-state index contributed by atoms with van der Waals surface area (Å²) in [5.41, 5.74) is 1.89. The molecule has 1 fully saturated rings. The highest BCUT2D eigenvalue weighted by molar-refractivity contribution is 5.29. The number of rotatable bonds is 9. The first-order chi connectivity index (χ1) is 14.7. The summed E-state index contributed by atoms with van der Waals surface area (Å²) >= 11 is 0. The molecular weight excluding hydrogens is 370 g/mol. The molecule has 1 aliphatic rings. The standard InChI is InChI=1S/C27H35NO2/c1-3-27(2,18-13-21-28-19-11-6-12-20-28)30-23-22-29-26(24-14-7-4-8-15-24)25-16-9-5-10-17-25/h4-5,7-10,14-17,26H,3,6,11-12,19-23H2,1-2H3. The largest absolute Gasteiger partial charge is 0.366 e. The van der Waals surface area contributed by atoms with Gasteiger partial charge in [-0.2, -0.15) is 0 Å². The Kier molecular flexibility index (Phi) is 8.96. The van der Waals surface area contributed by atoms with Crippen molar-refractivity contribution in [3.05, 3.63) is 71.8 Å². The van der Waals surface area contributed by atoms with E-state index in [9.17, 15) is 0 Å². The first kappa shape index (κ1) is 22.6. The minimum absolute atomic E-state index is 0.0888. The van der Waals surface area contributed by atoms with Gasteiger partial charge in [0.15, 0.2) is 0 Å². The third-order valence-electron chi connectivity index (χ3n) is 5.77. The molecule has 0 amide bonds. The Morgan fingerprint density at radius 2 is 1.50 bits per heavy atom. The van der Waals surface area contributed by atoms with Gasteiger partial charge >= 0.3 is 0 Å². The second kappa shape index (κ2) is 11.9. The Morgan fingerprint density at radius 3 is 2.07 bits per heavy atom. The van der Waals surface area contributed by atoms with Crippen LogP contribution in [0.1, 0.15) is 56.8 Å². The van der Waals surface area contributed by atoms with Crippen LogP contribution < -0.4 is 0 Å². The van der Waals surface area contributed by atoms with E-state index in [-0.39, 0.29) is 6.10 Å². The van der Waals surface area contributed by atoms with E-state index in [4.69, 9.17) is 9.47 Å². The van der Waals surface area contributed by atoms with Crippen molar-refractivity contribution in [2.75, 3.05) is 32.8 Å². The van der Waals surface area contributed by atoms with Crippen LogP contribution in [0.4, 0.5) is 0 Å². The van der Waals surface area contributed by atoms with Crippen LogP contribution in [0.25, 0.3) is 0 Å². The highest BCUT2D eigenvalue weighted by Crippen LogP contribution is 2.26. The highest BCUT2D eigenvalue weighted by Gasteiger charge is 2.20. The quantitative estimate of drug-likeness (QED) is 0.408. The van der Waals surface area contributed by atoms with Gasteiger partial charge in [0.05, 0.1) is 19.8 Å². The molecule has 3 heteroatoms. The summed E-state index contributed by atoms with van der Waals surface area (Å²) in [6.07, 6.45) is 4.72. The molecule has 0 saturated carbocycles. The Balaban J connectivity index is 1.53. The molecule has 0 bridgehead atoms. The first-order valence-corrected chi connectivity index (χ1v) is 11.3. The smallest absolute Gasteiger partial charge is 0.125 e. The average molecular weight is 406 g/mol. The SMILES string of the molecule is CCC(C)(C#CCN1CCCCC1)OCCOC(c1ccccc1)c1ccccc1. The third kappa shape index (κ3) is 6.99. The maximum atomic E-state index is 6.27. The average Bonchev–Trinajstić information content (AvgIpc) is 2.81. The van der Waals surface area contributed by atoms with E-state index in [1.54, 1.807) is 0 Å². The molecule has 30 heavy (non-hydrogen) atoms. The molecule has 0 aliphatic carbocycles. The molecule has 0 spiro atoms. The fraction of sp³-hybridized carbons (Fsp3) is 0.481. The Morgan fingerprint density at radius 1 is 0.900 bits per heavy atom. The van der Waals surface area contributed by atoms with Crippen molar-refractivity contribution in [1.82, 2.24) is 4.90 Å². The lowest BCUT2D eigenvalue weighted by molar-refractivity contribution is -0.0369. The maximum Gasteiger partial charge on any atom is 0.125 e. The fourth-order valence-corrected chi connectivity index (χ4v) is 3.76. The molecular formula is C27H35NO2. The molecule has 1 aliphatic heterocycles. The Bertz CT molecular complexity index is 750. The zero-order valence-electron chi connectivity index (χ0n) is 18.5. The van der Waals surface area contributed by atoms with Gasteiger partial charge in [-0.15, -0.1) is 0 Å². The molecule has 160 valence electrons. The molecule has 0 aromatic heterocycles. The molecule has 1 heterocycles. The van der Waals surface area contributed by atoms with Crippen LogP contribution >= 0.6 is 0 Å². The van der Waals surface area contributed by atoms with Crippen LogP contribution in [0.5, 0.6) is 0 Å². The van der Waals surface area contributed by atoms with Gasteiger partial charge in [-0.1, -0.05) is 85.8 Å². The predicted molar refractivity (Wildman–Crippen MR) is 123 cm³/mol. The number of hydrogen-bond donors (Lipinski definition) is 0. The van der Waals surface area contributed by atoms with Crippen LogP contribution in [0.2, 0.25) is 0 Å². The molecule has 1 unspecified atom stereocenters. The molecule has 0 radical (unpaired) electrons. The van der Waals surface area contributed by atoms with Crippen molar-refractivity contribution in [2.45, 2.75) is 51.2 Å². The van der Waals surface area contributed by atoms with E-state index >= 15 is 0 Å². The minimum atomic E-state index is -0.422. The van der Waals surface area contributed by atoms with Gasteiger partial charge in [-0.25, -0.2) is 0 Å². The minimum Gasteiger partial charge on any atom is -0.366 e. The fourth-order valence-electron chi connectivity index (χ4n) is 3.76. The van der Waals surface area contributed by atoms with Gasteiger partial charge in [0, 0.05) is 0 Å². The lowest BCUT2D eigenvalue weighted by Crippen LogP contribution is -2.31. The van der Waals surface area contributed by atoms with Crippen LogP contribution in [0.3, 0.4) is 0 Å². The number of ether oxygens (including phenoxy) is 2. The summed E-state index contributed by atoms with van der Waals surface area (Å²) in [7, 11) is 0. The van der Waals surface area contributed by atoms with E-state index < -0.39 is 5.60 Å². The van der Waals surface area contributed by atoms with Gasteiger partial charge in [-0.05, 0) is 50.4 Å². The van der Waals surface area contributed by atoms with Crippen molar-refractivity contribution in [3.8, 4) is 11.8 Å². The summed E-state index contributed by atoms with van der Waals surface area (Å²) < 4.78 is 12.4. The van der Waals surface area contributed by atoms with Crippen LogP contribution in [0, 0.1) is 11.8 Å². The van der Waals surface area contributed by atoms with E-state index in [2.05, 4.69) is 79.1 Å². The van der Waals surface area contributed by atoms with Crippen LogP contribution in [0.15, 0.2) is 60.7 Å². The lowest BCUT2D eigenvalue weighted by Gasteiger charge is -2.26. The van der Waals surface area contributed by atoms with Crippen LogP contribution in [-0.4, -0.2) is 43.3 Å². The molecule has 3 rings (SSSR count). The van der Waals surface area contributed by atoms with Crippen molar-refractivity contribution >= 4 is 0 Å². The van der Waals surface area contributed by atoms with Crippen LogP contribution in [-0.2, 0) is 9.47 Å².